The van der Waals surface area contributed by atoms with Crippen LogP contribution in [0.2, 0.25) is 0 Å². The zero-order valence-electron chi connectivity index (χ0n) is 11.6. The lowest BCUT2D eigenvalue weighted by Gasteiger charge is -2.32. The quantitative estimate of drug-likeness (QED) is 0.809. The van der Waals surface area contributed by atoms with Gasteiger partial charge in [0.05, 0.1) is 0 Å². The highest BCUT2D eigenvalue weighted by molar-refractivity contribution is 7.10. The average Bonchev–Trinajstić information content (AvgIpc) is 3.14. The number of fused-ring (bicyclic) bond motifs is 3. The molecule has 0 radical (unpaired) electrons. The van der Waals surface area contributed by atoms with E-state index in [1.54, 1.807) is 10.4 Å². The van der Waals surface area contributed by atoms with Crippen LogP contribution in [0.25, 0.3) is 0 Å². The van der Waals surface area contributed by atoms with E-state index in [2.05, 4.69) is 35.8 Å². The molecule has 19 heavy (non-hydrogen) atoms. The number of hydrogen-bond donors (Lipinski definition) is 1. The minimum atomic E-state index is 0.619. The predicted octanol–water partition coefficient (Wildman–Crippen LogP) is 4.32. The van der Waals surface area contributed by atoms with Crippen molar-refractivity contribution in [2.45, 2.75) is 51.1 Å². The lowest BCUT2D eigenvalue weighted by molar-refractivity contribution is 0.289. The summed E-state index contributed by atoms with van der Waals surface area (Å²) in [7, 11) is 0. The van der Waals surface area contributed by atoms with Crippen molar-refractivity contribution in [2.75, 3.05) is 0 Å². The monoisotopic (exact) mass is 273 g/mol. The Bertz CT molecular complexity index is 489. The molecule has 5 unspecified atom stereocenters. The summed E-state index contributed by atoms with van der Waals surface area (Å²) >= 11 is 1.95. The Kier molecular flexibility index (Phi) is 3.04. The Labute approximate surface area is 120 Å². The van der Waals surface area contributed by atoms with Gasteiger partial charge in [0.2, 0.25) is 0 Å². The van der Waals surface area contributed by atoms with Gasteiger partial charge in [-0.1, -0.05) is 12.2 Å². The molecule has 102 valence electrons. The van der Waals surface area contributed by atoms with Gasteiger partial charge in [-0.2, -0.15) is 0 Å². The van der Waals surface area contributed by atoms with Crippen molar-refractivity contribution in [1.82, 2.24) is 5.32 Å². The number of rotatable bonds is 3. The molecule has 0 aliphatic heterocycles. The maximum atomic E-state index is 3.96. The van der Waals surface area contributed by atoms with E-state index in [-0.39, 0.29) is 0 Å². The predicted molar refractivity (Wildman–Crippen MR) is 81.4 cm³/mol. The fourth-order valence-corrected chi connectivity index (χ4v) is 5.49. The van der Waals surface area contributed by atoms with E-state index in [1.165, 1.54) is 32.1 Å². The maximum absolute atomic E-state index is 3.96. The molecule has 1 N–H and O–H groups in total. The second kappa shape index (κ2) is 4.75. The number of thiophene rings is 1. The first-order valence-electron chi connectivity index (χ1n) is 7.82. The lowest BCUT2D eigenvalue weighted by Crippen LogP contribution is -2.39. The molecular weight excluding hydrogens is 250 g/mol. The molecule has 1 saturated carbocycles. The average molecular weight is 273 g/mol. The number of aryl methyl sites for hydroxylation is 1. The molecule has 4 rings (SSSR count). The molecule has 5 atom stereocenters. The highest BCUT2D eigenvalue weighted by Gasteiger charge is 2.39. The summed E-state index contributed by atoms with van der Waals surface area (Å²) in [6, 6.07) is 3.63. The van der Waals surface area contributed by atoms with Crippen molar-refractivity contribution in [3.8, 4) is 0 Å². The molecule has 3 aliphatic rings. The van der Waals surface area contributed by atoms with Gasteiger partial charge in [0.1, 0.15) is 0 Å². The SMILES string of the molecule is CC(NC1CCCc2sccc21)C1CC2C=CC1C2. The molecule has 1 aromatic heterocycles. The number of hydrogen-bond acceptors (Lipinski definition) is 2. The van der Waals surface area contributed by atoms with Crippen molar-refractivity contribution in [2.24, 2.45) is 17.8 Å². The van der Waals surface area contributed by atoms with Gasteiger partial charge in [-0.25, -0.2) is 0 Å². The van der Waals surface area contributed by atoms with Crippen LogP contribution in [0.4, 0.5) is 0 Å². The molecule has 0 aromatic carbocycles. The lowest BCUT2D eigenvalue weighted by atomic mass is 9.85. The molecule has 1 aromatic rings. The smallest absolute Gasteiger partial charge is 0.0333 e. The molecule has 1 fully saturated rings. The molecule has 3 aliphatic carbocycles. The second-order valence-corrected chi connectivity index (χ2v) is 7.64. The van der Waals surface area contributed by atoms with E-state index in [0.717, 1.165) is 17.8 Å². The second-order valence-electron chi connectivity index (χ2n) is 6.64. The molecule has 1 nitrogen and oxygen atoms in total. The third-order valence-corrected chi connectivity index (χ3v) is 6.48. The van der Waals surface area contributed by atoms with Gasteiger partial charge < -0.3 is 5.32 Å². The van der Waals surface area contributed by atoms with Crippen LogP contribution in [0.3, 0.4) is 0 Å². The van der Waals surface area contributed by atoms with E-state index in [4.69, 9.17) is 0 Å². The van der Waals surface area contributed by atoms with Gasteiger partial charge >= 0.3 is 0 Å². The van der Waals surface area contributed by atoms with Crippen LogP contribution in [0.5, 0.6) is 0 Å². The third kappa shape index (κ3) is 2.09. The highest BCUT2D eigenvalue weighted by atomic mass is 32.1. The summed E-state index contributed by atoms with van der Waals surface area (Å²) in [5, 5.41) is 6.23. The topological polar surface area (TPSA) is 12.0 Å². The fraction of sp³-hybridized carbons (Fsp3) is 0.647. The van der Waals surface area contributed by atoms with Crippen molar-refractivity contribution in [3.63, 3.8) is 0 Å². The molecule has 2 heteroatoms. The van der Waals surface area contributed by atoms with Crippen molar-refractivity contribution in [3.05, 3.63) is 34.0 Å². The zero-order chi connectivity index (χ0) is 12.8. The van der Waals surface area contributed by atoms with Crippen molar-refractivity contribution >= 4 is 11.3 Å². The Morgan fingerprint density at radius 3 is 3.05 bits per heavy atom. The van der Waals surface area contributed by atoms with Gasteiger partial charge in [0, 0.05) is 17.0 Å². The van der Waals surface area contributed by atoms with Gasteiger partial charge in [0.25, 0.3) is 0 Å². The summed E-state index contributed by atoms with van der Waals surface area (Å²) < 4.78 is 0. The van der Waals surface area contributed by atoms with Gasteiger partial charge in [-0.3, -0.25) is 0 Å². The van der Waals surface area contributed by atoms with E-state index >= 15 is 0 Å². The van der Waals surface area contributed by atoms with Crippen LogP contribution >= 0.6 is 11.3 Å². The summed E-state index contributed by atoms with van der Waals surface area (Å²) in [5.41, 5.74) is 1.60. The molecule has 0 saturated heterocycles. The molecule has 0 amide bonds. The molecule has 2 bridgehead atoms. The van der Waals surface area contributed by atoms with E-state index in [0.29, 0.717) is 12.1 Å². The first kappa shape index (κ1) is 12.2. The summed E-state index contributed by atoms with van der Waals surface area (Å²) in [6.45, 7) is 2.42. The van der Waals surface area contributed by atoms with Crippen LogP contribution < -0.4 is 5.32 Å². The summed E-state index contributed by atoms with van der Waals surface area (Å²) in [5.74, 6) is 2.62. The number of nitrogens with one attached hydrogen (secondary N) is 1. The Morgan fingerprint density at radius 2 is 2.26 bits per heavy atom. The maximum Gasteiger partial charge on any atom is 0.0333 e. The van der Waals surface area contributed by atoms with Crippen LogP contribution in [-0.2, 0) is 6.42 Å². The minimum absolute atomic E-state index is 0.619. The van der Waals surface area contributed by atoms with E-state index in [1.807, 2.05) is 11.3 Å². The van der Waals surface area contributed by atoms with Crippen molar-refractivity contribution in [1.29, 1.82) is 0 Å². The Hall–Kier alpha value is -0.600. The summed E-state index contributed by atoms with van der Waals surface area (Å²) in [6.07, 6.45) is 11.7. The first-order chi connectivity index (χ1) is 9.31. The molecule has 0 spiro atoms. The summed E-state index contributed by atoms with van der Waals surface area (Å²) in [4.78, 5) is 1.63. The van der Waals surface area contributed by atoms with E-state index < -0.39 is 0 Å². The van der Waals surface area contributed by atoms with Gasteiger partial charge in [-0.15, -0.1) is 11.3 Å². The normalized spacial score (nSPS) is 37.5. The van der Waals surface area contributed by atoms with Crippen LogP contribution in [0, 0.1) is 17.8 Å². The van der Waals surface area contributed by atoms with Crippen LogP contribution in [0.1, 0.15) is 49.1 Å². The third-order valence-electron chi connectivity index (χ3n) is 5.49. The minimum Gasteiger partial charge on any atom is -0.307 e. The molecular formula is C17H23NS. The standard InChI is InChI=1S/C17H23NS/c1-11(15-10-12-5-6-13(15)9-12)18-16-3-2-4-17-14(16)7-8-19-17/h5-8,11-13,15-16,18H,2-4,9-10H2,1H3. The van der Waals surface area contributed by atoms with Gasteiger partial charge in [-0.05, 0) is 73.8 Å². The largest absolute Gasteiger partial charge is 0.307 e. The highest BCUT2D eigenvalue weighted by Crippen LogP contribution is 2.45. The van der Waals surface area contributed by atoms with Crippen LogP contribution in [0.15, 0.2) is 23.6 Å². The fourth-order valence-electron chi connectivity index (χ4n) is 4.50. The first-order valence-corrected chi connectivity index (χ1v) is 8.70. The molecule has 1 heterocycles. The number of allylic oxidation sites excluding steroid dienone is 2. The van der Waals surface area contributed by atoms with E-state index in [9.17, 15) is 0 Å². The Morgan fingerprint density at radius 1 is 1.32 bits per heavy atom. The van der Waals surface area contributed by atoms with Gasteiger partial charge in [0.15, 0.2) is 0 Å². The van der Waals surface area contributed by atoms with Crippen LogP contribution in [-0.4, -0.2) is 6.04 Å². The van der Waals surface area contributed by atoms with Crippen molar-refractivity contribution < 1.29 is 0 Å². The Balaban J connectivity index is 1.46. The zero-order valence-corrected chi connectivity index (χ0v) is 12.5.